The van der Waals surface area contributed by atoms with Gasteiger partial charge in [0.2, 0.25) is 0 Å². The molecule has 1 amide bonds. The van der Waals surface area contributed by atoms with E-state index < -0.39 is 0 Å². The Morgan fingerprint density at radius 2 is 2.50 bits per heavy atom. The van der Waals surface area contributed by atoms with Crippen molar-refractivity contribution in [3.05, 3.63) is 0 Å². The SMILES string of the molecule is O=C1OCCN1CC1CO1. The maximum Gasteiger partial charge on any atom is 0.410 e. The van der Waals surface area contributed by atoms with E-state index in [0.29, 0.717) is 13.2 Å². The average molecular weight is 143 g/mol. The van der Waals surface area contributed by atoms with Crippen LogP contribution in [-0.2, 0) is 9.47 Å². The summed E-state index contributed by atoms with van der Waals surface area (Å²) in [5.74, 6) is 0. The zero-order valence-corrected chi connectivity index (χ0v) is 5.58. The van der Waals surface area contributed by atoms with Crippen LogP contribution in [-0.4, -0.2) is 43.4 Å². The molecule has 1 atom stereocenters. The van der Waals surface area contributed by atoms with E-state index in [1.807, 2.05) is 0 Å². The van der Waals surface area contributed by atoms with E-state index in [4.69, 9.17) is 9.47 Å². The zero-order valence-electron chi connectivity index (χ0n) is 5.58. The van der Waals surface area contributed by atoms with Gasteiger partial charge in [-0.3, -0.25) is 0 Å². The Labute approximate surface area is 58.7 Å². The van der Waals surface area contributed by atoms with Crippen molar-refractivity contribution in [2.24, 2.45) is 0 Å². The van der Waals surface area contributed by atoms with Crippen LogP contribution in [0.15, 0.2) is 0 Å². The molecule has 56 valence electrons. The molecule has 2 rings (SSSR count). The molecule has 1 unspecified atom stereocenters. The molecule has 10 heavy (non-hydrogen) atoms. The normalized spacial score (nSPS) is 30.6. The molecule has 2 aliphatic heterocycles. The first-order valence-corrected chi connectivity index (χ1v) is 3.39. The Morgan fingerprint density at radius 1 is 1.70 bits per heavy atom. The summed E-state index contributed by atoms with van der Waals surface area (Å²) in [6, 6.07) is 0. The quantitative estimate of drug-likeness (QED) is 0.504. The summed E-state index contributed by atoms with van der Waals surface area (Å²) in [5.41, 5.74) is 0. The molecule has 0 spiro atoms. The third-order valence-electron chi connectivity index (χ3n) is 1.67. The largest absolute Gasteiger partial charge is 0.448 e. The third-order valence-corrected chi connectivity index (χ3v) is 1.67. The predicted octanol–water partition coefficient (Wildman–Crippen LogP) is -0.163. The number of cyclic esters (lactones) is 1. The number of carbonyl (C=O) groups excluding carboxylic acids is 1. The van der Waals surface area contributed by atoms with Crippen molar-refractivity contribution in [1.29, 1.82) is 0 Å². The molecule has 0 saturated carbocycles. The van der Waals surface area contributed by atoms with Crippen molar-refractivity contribution in [2.75, 3.05) is 26.3 Å². The van der Waals surface area contributed by atoms with Crippen LogP contribution >= 0.6 is 0 Å². The van der Waals surface area contributed by atoms with Crippen molar-refractivity contribution in [1.82, 2.24) is 4.90 Å². The van der Waals surface area contributed by atoms with E-state index in [1.54, 1.807) is 4.90 Å². The van der Waals surface area contributed by atoms with Crippen LogP contribution in [0.2, 0.25) is 0 Å². The Morgan fingerprint density at radius 3 is 3.00 bits per heavy atom. The molecule has 0 bridgehead atoms. The molecule has 0 aromatic rings. The van der Waals surface area contributed by atoms with E-state index in [1.165, 1.54) is 0 Å². The topological polar surface area (TPSA) is 42.1 Å². The van der Waals surface area contributed by atoms with Crippen LogP contribution in [0, 0.1) is 0 Å². The van der Waals surface area contributed by atoms with Gasteiger partial charge >= 0.3 is 6.09 Å². The van der Waals surface area contributed by atoms with E-state index in [2.05, 4.69) is 0 Å². The smallest absolute Gasteiger partial charge is 0.410 e. The van der Waals surface area contributed by atoms with Crippen molar-refractivity contribution < 1.29 is 14.3 Å². The second-order valence-electron chi connectivity index (χ2n) is 2.52. The molecule has 0 aliphatic carbocycles. The molecule has 2 heterocycles. The maximum absolute atomic E-state index is 10.8. The Bertz CT molecular complexity index is 155. The standard InChI is InChI=1S/C6H9NO3/c8-6-7(1-2-9-6)3-5-4-10-5/h5H,1-4H2. The monoisotopic (exact) mass is 143 g/mol. The molecule has 2 aliphatic rings. The van der Waals surface area contributed by atoms with E-state index >= 15 is 0 Å². The molecule has 2 fully saturated rings. The van der Waals surface area contributed by atoms with Gasteiger partial charge in [-0.25, -0.2) is 4.79 Å². The van der Waals surface area contributed by atoms with Gasteiger partial charge in [-0.15, -0.1) is 0 Å². The first-order valence-electron chi connectivity index (χ1n) is 3.39. The second-order valence-corrected chi connectivity index (χ2v) is 2.52. The number of hydrogen-bond acceptors (Lipinski definition) is 3. The summed E-state index contributed by atoms with van der Waals surface area (Å²) >= 11 is 0. The van der Waals surface area contributed by atoms with E-state index in [-0.39, 0.29) is 12.2 Å². The van der Waals surface area contributed by atoms with Crippen LogP contribution in [0.1, 0.15) is 0 Å². The molecule has 0 radical (unpaired) electrons. The molecule has 4 heteroatoms. The summed E-state index contributed by atoms with van der Waals surface area (Å²) < 4.78 is 9.69. The van der Waals surface area contributed by atoms with Crippen molar-refractivity contribution >= 4 is 6.09 Å². The molecule has 0 N–H and O–H groups in total. The molecular weight excluding hydrogens is 134 g/mol. The molecule has 2 saturated heterocycles. The highest BCUT2D eigenvalue weighted by atomic mass is 16.6. The molecule has 4 nitrogen and oxygen atoms in total. The Balaban J connectivity index is 1.84. The minimum atomic E-state index is -0.199. The fraction of sp³-hybridized carbons (Fsp3) is 0.833. The maximum atomic E-state index is 10.8. The number of carbonyl (C=O) groups is 1. The van der Waals surface area contributed by atoms with Crippen LogP contribution < -0.4 is 0 Å². The van der Waals surface area contributed by atoms with Gasteiger partial charge in [0.15, 0.2) is 0 Å². The third kappa shape index (κ3) is 1.07. The fourth-order valence-electron chi connectivity index (χ4n) is 1.01. The summed E-state index contributed by atoms with van der Waals surface area (Å²) in [5, 5.41) is 0. The molecule has 0 aromatic carbocycles. The zero-order chi connectivity index (χ0) is 6.97. The first-order chi connectivity index (χ1) is 4.86. The van der Waals surface area contributed by atoms with Crippen molar-refractivity contribution in [3.63, 3.8) is 0 Å². The lowest BCUT2D eigenvalue weighted by atomic mass is 10.4. The highest BCUT2D eigenvalue weighted by Crippen LogP contribution is 2.13. The van der Waals surface area contributed by atoms with Gasteiger partial charge in [0, 0.05) is 0 Å². The average Bonchev–Trinajstić information content (AvgIpc) is 2.62. The molecular formula is C6H9NO3. The van der Waals surface area contributed by atoms with Gasteiger partial charge in [0.05, 0.1) is 25.8 Å². The lowest BCUT2D eigenvalue weighted by Gasteiger charge is -2.08. The van der Waals surface area contributed by atoms with Crippen molar-refractivity contribution in [2.45, 2.75) is 6.10 Å². The number of epoxide rings is 1. The lowest BCUT2D eigenvalue weighted by Crippen LogP contribution is -2.28. The van der Waals surface area contributed by atoms with Crippen LogP contribution in [0.25, 0.3) is 0 Å². The highest BCUT2D eigenvalue weighted by Gasteiger charge is 2.30. The Kier molecular flexibility index (Phi) is 1.27. The van der Waals surface area contributed by atoms with Crippen LogP contribution in [0.4, 0.5) is 4.79 Å². The predicted molar refractivity (Wildman–Crippen MR) is 32.7 cm³/mol. The number of hydrogen-bond donors (Lipinski definition) is 0. The number of amides is 1. The Hall–Kier alpha value is -0.770. The van der Waals surface area contributed by atoms with Gasteiger partial charge in [0.1, 0.15) is 6.61 Å². The van der Waals surface area contributed by atoms with Crippen LogP contribution in [0.5, 0.6) is 0 Å². The minimum absolute atomic E-state index is 0.199. The molecule has 0 aromatic heterocycles. The second kappa shape index (κ2) is 2.12. The summed E-state index contributed by atoms with van der Waals surface area (Å²) in [6.07, 6.45) is 0.0844. The van der Waals surface area contributed by atoms with Gasteiger partial charge < -0.3 is 14.4 Å². The summed E-state index contributed by atoms with van der Waals surface area (Å²) in [7, 11) is 0. The highest BCUT2D eigenvalue weighted by molar-refractivity contribution is 5.69. The minimum Gasteiger partial charge on any atom is -0.448 e. The number of nitrogens with zero attached hydrogens (tertiary/aromatic N) is 1. The number of rotatable bonds is 2. The van der Waals surface area contributed by atoms with Gasteiger partial charge in [-0.2, -0.15) is 0 Å². The number of ether oxygens (including phenoxy) is 2. The van der Waals surface area contributed by atoms with E-state index in [9.17, 15) is 4.79 Å². The van der Waals surface area contributed by atoms with Gasteiger partial charge in [-0.1, -0.05) is 0 Å². The van der Waals surface area contributed by atoms with Gasteiger partial charge in [-0.05, 0) is 0 Å². The van der Waals surface area contributed by atoms with E-state index in [0.717, 1.165) is 13.2 Å². The van der Waals surface area contributed by atoms with Gasteiger partial charge in [0.25, 0.3) is 0 Å². The fourth-order valence-corrected chi connectivity index (χ4v) is 1.01. The summed E-state index contributed by atoms with van der Waals surface area (Å²) in [4.78, 5) is 12.5. The van der Waals surface area contributed by atoms with Crippen LogP contribution in [0.3, 0.4) is 0 Å². The first kappa shape index (κ1) is 5.97. The lowest BCUT2D eigenvalue weighted by molar-refractivity contribution is 0.156. The van der Waals surface area contributed by atoms with Crippen molar-refractivity contribution in [3.8, 4) is 0 Å². The summed E-state index contributed by atoms with van der Waals surface area (Å²) in [6.45, 7) is 2.76.